The molecule has 2 N–H and O–H groups in total. The van der Waals surface area contributed by atoms with Crippen molar-refractivity contribution in [1.82, 2.24) is 4.98 Å². The molecule has 0 aliphatic rings. The van der Waals surface area contributed by atoms with Gasteiger partial charge in [0.1, 0.15) is 24.6 Å². The zero-order chi connectivity index (χ0) is 18.7. The Labute approximate surface area is 153 Å². The Hall–Kier alpha value is -2.79. The van der Waals surface area contributed by atoms with E-state index in [0.717, 1.165) is 44.1 Å². The molecule has 0 amide bonds. The van der Waals surface area contributed by atoms with Crippen molar-refractivity contribution in [2.45, 2.75) is 13.5 Å². The molecule has 1 unspecified atom stereocenters. The van der Waals surface area contributed by atoms with Crippen LogP contribution in [0, 0.1) is 6.92 Å². The molecule has 3 rings (SSSR count). The van der Waals surface area contributed by atoms with Gasteiger partial charge in [-0.25, -0.2) is 0 Å². The van der Waals surface area contributed by atoms with Gasteiger partial charge in [0.05, 0.1) is 26.8 Å². The number of ether oxygens (including phenoxy) is 2. The number of aromatic nitrogens is 1. The van der Waals surface area contributed by atoms with E-state index in [1.807, 2.05) is 56.4 Å². The number of H-pyrrole nitrogens is 1. The number of Topliss-reactive ketones (excluding diaryl/α,β-unsaturated/α-hetero) is 1. The molecule has 1 heterocycles. The van der Waals surface area contributed by atoms with Gasteiger partial charge in [0.15, 0.2) is 0 Å². The van der Waals surface area contributed by atoms with Crippen molar-refractivity contribution < 1.29 is 19.2 Å². The van der Waals surface area contributed by atoms with Gasteiger partial charge < -0.3 is 19.4 Å². The summed E-state index contributed by atoms with van der Waals surface area (Å²) >= 11 is 0. The van der Waals surface area contributed by atoms with Crippen LogP contribution < -0.4 is 14.4 Å². The Morgan fingerprint density at radius 3 is 2.62 bits per heavy atom. The Balaban J connectivity index is 1.76. The smallest absolute Gasteiger partial charge is 0.219 e. The van der Waals surface area contributed by atoms with E-state index in [1.54, 1.807) is 14.2 Å². The Kier molecular flexibility index (Phi) is 5.28. The van der Waals surface area contributed by atoms with Gasteiger partial charge in [0.25, 0.3) is 0 Å². The second-order valence-corrected chi connectivity index (χ2v) is 6.58. The largest absolute Gasteiger partial charge is 0.497 e. The second-order valence-electron chi connectivity index (χ2n) is 6.58. The molecule has 136 valence electrons. The molecule has 0 bridgehead atoms. The number of para-hydroxylation sites is 1. The number of aryl methyl sites for hydroxylation is 1. The second kappa shape index (κ2) is 7.62. The SMILES string of the molecule is COc1ccc(C[NH+](C)CC(=O)c2c(C)[nH]c3ccccc23)c(OC)c1. The molecule has 0 saturated heterocycles. The lowest BCUT2D eigenvalue weighted by Gasteiger charge is -2.16. The summed E-state index contributed by atoms with van der Waals surface area (Å²) in [7, 11) is 5.30. The van der Waals surface area contributed by atoms with Crippen molar-refractivity contribution in [3.63, 3.8) is 0 Å². The molecule has 1 atom stereocenters. The van der Waals surface area contributed by atoms with Crippen molar-refractivity contribution in [3.8, 4) is 11.5 Å². The van der Waals surface area contributed by atoms with Gasteiger partial charge in [-0.1, -0.05) is 18.2 Å². The van der Waals surface area contributed by atoms with Gasteiger partial charge in [-0.05, 0) is 25.1 Å². The lowest BCUT2D eigenvalue weighted by molar-refractivity contribution is -0.884. The number of benzene rings is 2. The molecule has 2 aromatic carbocycles. The predicted octanol–water partition coefficient (Wildman–Crippen LogP) is 2.39. The fourth-order valence-corrected chi connectivity index (χ4v) is 3.38. The van der Waals surface area contributed by atoms with Crippen LogP contribution in [0.15, 0.2) is 42.5 Å². The maximum atomic E-state index is 12.9. The summed E-state index contributed by atoms with van der Waals surface area (Å²) < 4.78 is 10.7. The van der Waals surface area contributed by atoms with Crippen molar-refractivity contribution in [1.29, 1.82) is 0 Å². The number of nitrogens with one attached hydrogen (secondary N) is 2. The highest BCUT2D eigenvalue weighted by Gasteiger charge is 2.20. The van der Waals surface area contributed by atoms with Crippen molar-refractivity contribution in [2.75, 3.05) is 27.8 Å². The van der Waals surface area contributed by atoms with Gasteiger partial charge in [-0.15, -0.1) is 0 Å². The van der Waals surface area contributed by atoms with E-state index < -0.39 is 0 Å². The van der Waals surface area contributed by atoms with Gasteiger partial charge in [0, 0.05) is 28.2 Å². The standard InChI is InChI=1S/C21H24N2O3/c1-14-21(17-7-5-6-8-18(17)22-14)19(24)13-23(2)12-15-9-10-16(25-3)11-20(15)26-4/h5-11,22H,12-13H2,1-4H3/p+1. The van der Waals surface area contributed by atoms with Crippen molar-refractivity contribution >= 4 is 16.7 Å². The summed E-state index contributed by atoms with van der Waals surface area (Å²) in [6.07, 6.45) is 0. The van der Waals surface area contributed by atoms with E-state index >= 15 is 0 Å². The van der Waals surface area contributed by atoms with Gasteiger partial charge in [-0.2, -0.15) is 0 Å². The normalized spacial score (nSPS) is 12.2. The quantitative estimate of drug-likeness (QED) is 0.641. The average molecular weight is 353 g/mol. The highest BCUT2D eigenvalue weighted by Crippen LogP contribution is 2.24. The number of ketones is 1. The third-order valence-corrected chi connectivity index (χ3v) is 4.62. The highest BCUT2D eigenvalue weighted by atomic mass is 16.5. The van der Waals surface area contributed by atoms with Crippen LogP contribution >= 0.6 is 0 Å². The lowest BCUT2D eigenvalue weighted by Crippen LogP contribution is -3.08. The van der Waals surface area contributed by atoms with Crippen LogP contribution in [0.25, 0.3) is 10.9 Å². The fraction of sp³-hybridized carbons (Fsp3) is 0.286. The predicted molar refractivity (Wildman–Crippen MR) is 102 cm³/mol. The minimum absolute atomic E-state index is 0.143. The first-order chi connectivity index (χ1) is 12.5. The third kappa shape index (κ3) is 3.58. The molecule has 26 heavy (non-hydrogen) atoms. The average Bonchev–Trinajstić information content (AvgIpc) is 2.97. The first-order valence-electron chi connectivity index (χ1n) is 8.66. The topological polar surface area (TPSA) is 55.8 Å². The molecule has 5 nitrogen and oxygen atoms in total. The monoisotopic (exact) mass is 353 g/mol. The Bertz CT molecular complexity index is 930. The number of likely N-dealkylation sites (N-methyl/N-ethyl adjacent to an activating group) is 1. The molecule has 0 saturated carbocycles. The molecule has 5 heteroatoms. The van der Waals surface area contributed by atoms with E-state index in [0.29, 0.717) is 13.1 Å². The van der Waals surface area contributed by atoms with Crippen LogP contribution in [0.4, 0.5) is 0 Å². The summed E-state index contributed by atoms with van der Waals surface area (Å²) in [5.41, 5.74) is 3.77. The lowest BCUT2D eigenvalue weighted by atomic mass is 10.1. The number of aromatic amines is 1. The van der Waals surface area contributed by atoms with Crippen LogP contribution in [-0.4, -0.2) is 38.6 Å². The summed E-state index contributed by atoms with van der Waals surface area (Å²) in [6.45, 7) is 3.06. The zero-order valence-corrected chi connectivity index (χ0v) is 15.7. The van der Waals surface area contributed by atoms with E-state index in [9.17, 15) is 4.79 Å². The third-order valence-electron chi connectivity index (χ3n) is 4.62. The molecule has 0 spiro atoms. The van der Waals surface area contributed by atoms with Crippen molar-refractivity contribution in [3.05, 3.63) is 59.3 Å². The van der Waals surface area contributed by atoms with Crippen LogP contribution in [0.2, 0.25) is 0 Å². The minimum Gasteiger partial charge on any atom is -0.497 e. The first-order valence-corrected chi connectivity index (χ1v) is 8.66. The summed E-state index contributed by atoms with van der Waals surface area (Å²) in [4.78, 5) is 17.3. The summed E-state index contributed by atoms with van der Waals surface area (Å²) in [5, 5.41) is 0.991. The van der Waals surface area contributed by atoms with Gasteiger partial charge in [0.2, 0.25) is 5.78 Å². The molecule has 0 fully saturated rings. The Morgan fingerprint density at radius 1 is 1.12 bits per heavy atom. The maximum absolute atomic E-state index is 12.9. The highest BCUT2D eigenvalue weighted by molar-refractivity contribution is 6.09. The molecule has 1 aromatic heterocycles. The molecule has 0 aliphatic heterocycles. The van der Waals surface area contributed by atoms with Crippen LogP contribution in [0.3, 0.4) is 0 Å². The van der Waals surface area contributed by atoms with E-state index in [4.69, 9.17) is 9.47 Å². The number of quaternary nitrogens is 1. The van der Waals surface area contributed by atoms with E-state index in [1.165, 1.54) is 0 Å². The maximum Gasteiger partial charge on any atom is 0.219 e. The van der Waals surface area contributed by atoms with Gasteiger partial charge in [-0.3, -0.25) is 4.79 Å². The van der Waals surface area contributed by atoms with Gasteiger partial charge >= 0.3 is 0 Å². The van der Waals surface area contributed by atoms with Crippen LogP contribution in [-0.2, 0) is 6.54 Å². The summed E-state index contributed by atoms with van der Waals surface area (Å²) in [5.74, 6) is 1.68. The summed E-state index contributed by atoms with van der Waals surface area (Å²) in [6, 6.07) is 13.7. The molecule has 0 radical (unpaired) electrons. The number of fused-ring (bicyclic) bond motifs is 1. The first kappa shape index (κ1) is 18.0. The molecular weight excluding hydrogens is 328 g/mol. The molecular formula is C21H25N2O3+. The number of hydrogen-bond donors (Lipinski definition) is 2. The van der Waals surface area contributed by atoms with E-state index in [2.05, 4.69) is 4.98 Å². The minimum atomic E-state index is 0.143. The number of methoxy groups -OCH3 is 2. The van der Waals surface area contributed by atoms with E-state index in [-0.39, 0.29) is 5.78 Å². The molecule has 0 aliphatic carbocycles. The number of carbonyl (C=O) groups is 1. The number of hydrogen-bond acceptors (Lipinski definition) is 3. The molecule has 3 aromatic rings. The van der Waals surface area contributed by atoms with Crippen LogP contribution in [0.1, 0.15) is 21.6 Å². The fourth-order valence-electron chi connectivity index (χ4n) is 3.38. The Morgan fingerprint density at radius 2 is 1.88 bits per heavy atom. The number of carbonyl (C=O) groups excluding carboxylic acids is 1. The number of rotatable bonds is 7. The van der Waals surface area contributed by atoms with Crippen LogP contribution in [0.5, 0.6) is 11.5 Å². The van der Waals surface area contributed by atoms with Crippen molar-refractivity contribution in [2.24, 2.45) is 0 Å². The zero-order valence-electron chi connectivity index (χ0n) is 15.7.